The number of aryl methyl sites for hydroxylation is 2. The molecule has 0 atom stereocenters. The van der Waals surface area contributed by atoms with Crippen LogP contribution in [0.5, 0.6) is 0 Å². The van der Waals surface area contributed by atoms with Gasteiger partial charge in [0.2, 0.25) is 0 Å². The highest BCUT2D eigenvalue weighted by Crippen LogP contribution is 2.23. The van der Waals surface area contributed by atoms with Gasteiger partial charge in [0.15, 0.2) is 0 Å². The summed E-state index contributed by atoms with van der Waals surface area (Å²) in [7, 11) is 0. The van der Waals surface area contributed by atoms with Gasteiger partial charge >= 0.3 is 0 Å². The third-order valence-electron chi connectivity index (χ3n) is 2.87. The smallest absolute Gasteiger partial charge is 0.292 e. The quantitative estimate of drug-likeness (QED) is 0.668. The molecule has 0 aromatic heterocycles. The summed E-state index contributed by atoms with van der Waals surface area (Å²) in [5.74, 6) is 0. The first kappa shape index (κ1) is 13.1. The van der Waals surface area contributed by atoms with E-state index < -0.39 is 0 Å². The van der Waals surface area contributed by atoms with Gasteiger partial charge in [0, 0.05) is 12.6 Å². The van der Waals surface area contributed by atoms with E-state index in [1.165, 1.54) is 17.2 Å². The van der Waals surface area contributed by atoms with E-state index in [1.54, 1.807) is 18.2 Å². The lowest BCUT2D eigenvalue weighted by Gasteiger charge is -2.08. The lowest BCUT2D eigenvalue weighted by molar-refractivity contribution is -0.384. The second kappa shape index (κ2) is 5.52. The second-order valence-corrected chi connectivity index (χ2v) is 4.62. The molecule has 0 aliphatic rings. The van der Waals surface area contributed by atoms with E-state index in [1.807, 2.05) is 13.8 Å². The zero-order chi connectivity index (χ0) is 13.8. The van der Waals surface area contributed by atoms with Gasteiger partial charge in [-0.15, -0.1) is 0 Å². The Morgan fingerprint density at radius 2 is 1.74 bits per heavy atom. The van der Waals surface area contributed by atoms with Crippen LogP contribution in [-0.2, 0) is 6.54 Å². The van der Waals surface area contributed by atoms with Gasteiger partial charge in [-0.2, -0.15) is 0 Å². The predicted molar refractivity (Wildman–Crippen MR) is 76.3 cm³/mol. The summed E-state index contributed by atoms with van der Waals surface area (Å²) in [5, 5.41) is 14.0. The fraction of sp³-hybridized carbons (Fsp3) is 0.200. The summed E-state index contributed by atoms with van der Waals surface area (Å²) in [6, 6.07) is 12.9. The van der Waals surface area contributed by atoms with Crippen molar-refractivity contribution in [1.29, 1.82) is 0 Å². The molecule has 98 valence electrons. The predicted octanol–water partition coefficient (Wildman–Crippen LogP) is 3.82. The van der Waals surface area contributed by atoms with Crippen LogP contribution >= 0.6 is 0 Å². The van der Waals surface area contributed by atoms with E-state index in [0.717, 1.165) is 5.56 Å². The minimum Gasteiger partial charge on any atom is -0.375 e. The van der Waals surface area contributed by atoms with Crippen LogP contribution in [-0.4, -0.2) is 4.92 Å². The fourth-order valence-corrected chi connectivity index (χ4v) is 2.15. The Bertz CT molecular complexity index is 589. The molecule has 0 heterocycles. The minimum absolute atomic E-state index is 0.104. The molecule has 19 heavy (non-hydrogen) atoms. The molecule has 0 spiro atoms. The summed E-state index contributed by atoms with van der Waals surface area (Å²) in [6.45, 7) is 4.66. The van der Waals surface area contributed by atoms with Gasteiger partial charge in [0.25, 0.3) is 5.69 Å². The maximum absolute atomic E-state index is 10.9. The molecule has 2 aromatic carbocycles. The molecule has 0 saturated heterocycles. The number of nitro groups is 1. The van der Waals surface area contributed by atoms with Crippen LogP contribution in [0.15, 0.2) is 42.5 Å². The highest BCUT2D eigenvalue weighted by atomic mass is 16.6. The standard InChI is InChI=1S/C15H16N2O2/c1-11-7-12(2)9-13(8-11)10-16-14-5-3-4-6-15(14)17(18)19/h3-9,16H,10H2,1-2H3. The molecule has 4 nitrogen and oxygen atoms in total. The third-order valence-corrected chi connectivity index (χ3v) is 2.87. The highest BCUT2D eigenvalue weighted by molar-refractivity contribution is 5.61. The first-order valence-corrected chi connectivity index (χ1v) is 6.11. The Morgan fingerprint density at radius 3 is 2.37 bits per heavy atom. The number of nitrogens with one attached hydrogen (secondary N) is 1. The van der Waals surface area contributed by atoms with Crippen molar-refractivity contribution in [2.24, 2.45) is 0 Å². The Kier molecular flexibility index (Phi) is 3.80. The van der Waals surface area contributed by atoms with Crippen LogP contribution in [0.25, 0.3) is 0 Å². The zero-order valence-electron chi connectivity index (χ0n) is 11.0. The minimum atomic E-state index is -0.371. The maximum Gasteiger partial charge on any atom is 0.292 e. The maximum atomic E-state index is 10.9. The van der Waals surface area contributed by atoms with Crippen molar-refractivity contribution in [3.05, 3.63) is 69.3 Å². The molecule has 0 bridgehead atoms. The molecule has 4 heteroatoms. The van der Waals surface area contributed by atoms with E-state index in [9.17, 15) is 10.1 Å². The molecule has 0 aliphatic heterocycles. The third kappa shape index (κ3) is 3.31. The second-order valence-electron chi connectivity index (χ2n) is 4.62. The van der Waals surface area contributed by atoms with Crippen molar-refractivity contribution in [2.45, 2.75) is 20.4 Å². The molecule has 0 amide bonds. The summed E-state index contributed by atoms with van der Waals surface area (Å²) >= 11 is 0. The van der Waals surface area contributed by atoms with E-state index in [0.29, 0.717) is 12.2 Å². The van der Waals surface area contributed by atoms with Gasteiger partial charge in [-0.1, -0.05) is 41.5 Å². The Balaban J connectivity index is 2.16. The number of nitrogens with zero attached hydrogens (tertiary/aromatic N) is 1. The van der Waals surface area contributed by atoms with Crippen molar-refractivity contribution in [1.82, 2.24) is 0 Å². The molecule has 2 aromatic rings. The summed E-state index contributed by atoms with van der Waals surface area (Å²) < 4.78 is 0. The summed E-state index contributed by atoms with van der Waals surface area (Å²) in [6.07, 6.45) is 0. The van der Waals surface area contributed by atoms with Crippen LogP contribution < -0.4 is 5.32 Å². The van der Waals surface area contributed by atoms with Crippen molar-refractivity contribution in [3.8, 4) is 0 Å². The normalized spacial score (nSPS) is 10.2. The van der Waals surface area contributed by atoms with Gasteiger partial charge in [-0.05, 0) is 25.5 Å². The lowest BCUT2D eigenvalue weighted by atomic mass is 10.1. The fourth-order valence-electron chi connectivity index (χ4n) is 2.15. The van der Waals surface area contributed by atoms with Gasteiger partial charge < -0.3 is 5.32 Å². The summed E-state index contributed by atoms with van der Waals surface area (Å²) in [5.41, 5.74) is 4.16. The molecular weight excluding hydrogens is 240 g/mol. The molecule has 0 fully saturated rings. The van der Waals surface area contributed by atoms with Crippen LogP contribution in [0.2, 0.25) is 0 Å². The lowest BCUT2D eigenvalue weighted by Crippen LogP contribution is -2.03. The largest absolute Gasteiger partial charge is 0.375 e. The topological polar surface area (TPSA) is 55.2 Å². The number of hydrogen-bond acceptors (Lipinski definition) is 3. The average Bonchev–Trinajstić information content (AvgIpc) is 2.35. The van der Waals surface area contributed by atoms with Crippen molar-refractivity contribution >= 4 is 11.4 Å². The molecule has 1 N–H and O–H groups in total. The van der Waals surface area contributed by atoms with Gasteiger partial charge in [0.05, 0.1) is 4.92 Å². The number of benzene rings is 2. The average molecular weight is 256 g/mol. The Hall–Kier alpha value is -2.36. The van der Waals surface area contributed by atoms with Gasteiger partial charge in [-0.3, -0.25) is 10.1 Å². The molecule has 2 rings (SSSR count). The van der Waals surface area contributed by atoms with Gasteiger partial charge in [-0.25, -0.2) is 0 Å². The summed E-state index contributed by atoms with van der Waals surface area (Å²) in [4.78, 5) is 10.5. The molecular formula is C15H16N2O2. The van der Waals surface area contributed by atoms with Crippen LogP contribution in [0.4, 0.5) is 11.4 Å². The van der Waals surface area contributed by atoms with E-state index >= 15 is 0 Å². The number of rotatable bonds is 4. The van der Waals surface area contributed by atoms with Crippen molar-refractivity contribution < 1.29 is 4.92 Å². The SMILES string of the molecule is Cc1cc(C)cc(CNc2ccccc2[N+](=O)[O-])c1. The van der Waals surface area contributed by atoms with Crippen molar-refractivity contribution in [2.75, 3.05) is 5.32 Å². The molecule has 0 radical (unpaired) electrons. The number of nitro benzene ring substituents is 1. The van der Waals surface area contributed by atoms with E-state index in [2.05, 4.69) is 23.5 Å². The number of anilines is 1. The van der Waals surface area contributed by atoms with Crippen LogP contribution in [0.1, 0.15) is 16.7 Å². The van der Waals surface area contributed by atoms with Crippen LogP contribution in [0.3, 0.4) is 0 Å². The molecule has 0 saturated carbocycles. The number of hydrogen-bond donors (Lipinski definition) is 1. The van der Waals surface area contributed by atoms with E-state index in [-0.39, 0.29) is 10.6 Å². The molecule has 0 aliphatic carbocycles. The van der Waals surface area contributed by atoms with Gasteiger partial charge in [0.1, 0.15) is 5.69 Å². The molecule has 0 unspecified atom stereocenters. The Labute approximate surface area is 112 Å². The zero-order valence-corrected chi connectivity index (χ0v) is 11.0. The van der Waals surface area contributed by atoms with E-state index in [4.69, 9.17) is 0 Å². The van der Waals surface area contributed by atoms with Crippen LogP contribution in [0, 0.1) is 24.0 Å². The monoisotopic (exact) mass is 256 g/mol. The first-order valence-electron chi connectivity index (χ1n) is 6.11. The van der Waals surface area contributed by atoms with Crippen molar-refractivity contribution in [3.63, 3.8) is 0 Å². The highest BCUT2D eigenvalue weighted by Gasteiger charge is 2.11. The Morgan fingerprint density at radius 1 is 1.11 bits per heavy atom. The first-order chi connectivity index (χ1) is 9.06. The number of para-hydroxylation sites is 2.